The first-order valence-corrected chi connectivity index (χ1v) is 9.58. The molecular formula is C18H27BrN2O4. The van der Waals surface area contributed by atoms with Crippen molar-refractivity contribution in [2.45, 2.75) is 38.6 Å². The lowest BCUT2D eigenvalue weighted by Gasteiger charge is -2.36. The van der Waals surface area contributed by atoms with Crippen molar-refractivity contribution in [3.05, 3.63) is 29.8 Å². The maximum Gasteiger partial charge on any atom is 0.410 e. The quantitative estimate of drug-likeness (QED) is 0.740. The van der Waals surface area contributed by atoms with Crippen LogP contribution in [0.15, 0.2) is 24.3 Å². The van der Waals surface area contributed by atoms with Gasteiger partial charge in [-0.2, -0.15) is 0 Å². The van der Waals surface area contributed by atoms with Crippen LogP contribution in [0.3, 0.4) is 0 Å². The van der Waals surface area contributed by atoms with Crippen molar-refractivity contribution in [2.24, 2.45) is 0 Å². The highest BCUT2D eigenvalue weighted by Gasteiger charge is 2.26. The fourth-order valence-electron chi connectivity index (χ4n) is 2.66. The van der Waals surface area contributed by atoms with Gasteiger partial charge in [0.2, 0.25) is 0 Å². The largest absolute Gasteiger partial charge is 0.444 e. The van der Waals surface area contributed by atoms with Gasteiger partial charge in [0, 0.05) is 37.2 Å². The van der Waals surface area contributed by atoms with Gasteiger partial charge in [0.1, 0.15) is 11.7 Å². The molecule has 1 aromatic rings. The molecule has 25 heavy (non-hydrogen) atoms. The first-order chi connectivity index (χ1) is 11.7. The van der Waals surface area contributed by atoms with Crippen molar-refractivity contribution in [3.63, 3.8) is 0 Å². The van der Waals surface area contributed by atoms with E-state index in [1.165, 1.54) is 0 Å². The molecule has 0 aromatic heterocycles. The minimum absolute atomic E-state index is 0.269. The van der Waals surface area contributed by atoms with Gasteiger partial charge in [-0.05, 0) is 38.5 Å². The molecule has 1 saturated heterocycles. The summed E-state index contributed by atoms with van der Waals surface area (Å²) in [6.45, 7) is 8.27. The third-order valence-corrected chi connectivity index (χ3v) is 4.72. The number of ether oxygens (including phenoxy) is 1. The van der Waals surface area contributed by atoms with Gasteiger partial charge in [-0.3, -0.25) is 0 Å². The zero-order valence-corrected chi connectivity index (χ0v) is 16.6. The maximum atomic E-state index is 12.1. The number of hydrogen-bond donors (Lipinski definition) is 2. The van der Waals surface area contributed by atoms with Crippen molar-refractivity contribution in [1.29, 1.82) is 0 Å². The van der Waals surface area contributed by atoms with E-state index in [9.17, 15) is 15.0 Å². The Kier molecular flexibility index (Phi) is 6.71. The molecule has 1 heterocycles. The summed E-state index contributed by atoms with van der Waals surface area (Å²) in [4.78, 5) is 16.0. The normalized spacial score (nSPS) is 18.0. The van der Waals surface area contributed by atoms with E-state index in [1.807, 2.05) is 45.0 Å². The number of halogens is 1. The van der Waals surface area contributed by atoms with Crippen molar-refractivity contribution >= 4 is 27.7 Å². The van der Waals surface area contributed by atoms with Gasteiger partial charge >= 0.3 is 6.09 Å². The SMILES string of the molecule is CC(C)(C)OC(=O)N1CCN(c2ccc(C(O)C(O)CBr)cc2)CC1. The van der Waals surface area contributed by atoms with Crippen molar-refractivity contribution in [2.75, 3.05) is 36.4 Å². The number of anilines is 1. The lowest BCUT2D eigenvalue weighted by molar-refractivity contribution is 0.0240. The van der Waals surface area contributed by atoms with Gasteiger partial charge in [-0.25, -0.2) is 4.79 Å². The second-order valence-corrected chi connectivity index (χ2v) is 7.86. The number of benzene rings is 1. The minimum Gasteiger partial charge on any atom is -0.444 e. The molecule has 2 atom stereocenters. The summed E-state index contributed by atoms with van der Waals surface area (Å²) < 4.78 is 5.41. The van der Waals surface area contributed by atoms with Gasteiger partial charge in [0.15, 0.2) is 0 Å². The third-order valence-electron chi connectivity index (χ3n) is 4.05. The molecule has 1 aromatic carbocycles. The number of amides is 1. The average Bonchev–Trinajstić information content (AvgIpc) is 2.59. The standard InChI is InChI=1S/C18H27BrN2O4/c1-18(2,3)25-17(24)21-10-8-20(9-11-21)14-6-4-13(5-7-14)16(23)15(22)12-19/h4-7,15-16,22-23H,8-12H2,1-3H3. The molecule has 6 nitrogen and oxygen atoms in total. The van der Waals surface area contributed by atoms with Gasteiger partial charge in [0.25, 0.3) is 0 Å². The van der Waals surface area contributed by atoms with E-state index in [0.29, 0.717) is 24.0 Å². The second kappa shape index (κ2) is 8.38. The van der Waals surface area contributed by atoms with Crippen LogP contribution < -0.4 is 4.90 Å². The number of rotatable bonds is 4. The predicted molar refractivity (Wildman–Crippen MR) is 101 cm³/mol. The van der Waals surface area contributed by atoms with Crippen LogP contribution in [-0.2, 0) is 4.74 Å². The zero-order chi connectivity index (χ0) is 18.6. The molecule has 0 bridgehead atoms. The lowest BCUT2D eigenvalue weighted by atomic mass is 10.0. The van der Waals surface area contributed by atoms with E-state index in [2.05, 4.69) is 20.8 Å². The topological polar surface area (TPSA) is 73.2 Å². The molecule has 0 radical (unpaired) electrons. The highest BCUT2D eigenvalue weighted by molar-refractivity contribution is 9.09. The van der Waals surface area contributed by atoms with E-state index in [4.69, 9.17) is 4.74 Å². The second-order valence-electron chi connectivity index (χ2n) is 7.21. The molecule has 0 saturated carbocycles. The van der Waals surface area contributed by atoms with Crippen LogP contribution in [0.25, 0.3) is 0 Å². The van der Waals surface area contributed by atoms with Gasteiger partial charge < -0.3 is 24.7 Å². The molecule has 2 N–H and O–H groups in total. The molecule has 0 aliphatic carbocycles. The Morgan fingerprint density at radius 1 is 1.16 bits per heavy atom. The summed E-state index contributed by atoms with van der Waals surface area (Å²) >= 11 is 3.16. The van der Waals surface area contributed by atoms with Crippen molar-refractivity contribution < 1.29 is 19.7 Å². The number of aliphatic hydroxyl groups excluding tert-OH is 2. The number of nitrogens with zero attached hydrogens (tertiary/aromatic N) is 2. The van der Waals surface area contributed by atoms with Crippen molar-refractivity contribution in [3.8, 4) is 0 Å². The number of hydrogen-bond acceptors (Lipinski definition) is 5. The zero-order valence-electron chi connectivity index (χ0n) is 15.0. The van der Waals surface area contributed by atoms with Gasteiger partial charge in [-0.1, -0.05) is 28.1 Å². The van der Waals surface area contributed by atoms with E-state index >= 15 is 0 Å². The molecule has 1 fully saturated rings. The van der Waals surface area contributed by atoms with E-state index in [1.54, 1.807) is 4.90 Å². The van der Waals surface area contributed by atoms with E-state index < -0.39 is 17.8 Å². The Bertz CT molecular complexity index is 565. The molecule has 7 heteroatoms. The molecule has 1 amide bonds. The molecule has 2 rings (SSSR count). The Hall–Kier alpha value is -1.31. The third kappa shape index (κ3) is 5.59. The van der Waals surface area contributed by atoms with E-state index in [0.717, 1.165) is 18.8 Å². The van der Waals surface area contributed by atoms with Crippen LogP contribution in [0.2, 0.25) is 0 Å². The van der Waals surface area contributed by atoms with Crippen LogP contribution in [0, 0.1) is 0 Å². The first-order valence-electron chi connectivity index (χ1n) is 8.46. The summed E-state index contributed by atoms with van der Waals surface area (Å²) in [7, 11) is 0. The van der Waals surface area contributed by atoms with Gasteiger partial charge in [-0.15, -0.1) is 0 Å². The Morgan fingerprint density at radius 3 is 2.20 bits per heavy atom. The summed E-state index contributed by atoms with van der Waals surface area (Å²) in [5.74, 6) is 0. The summed E-state index contributed by atoms with van der Waals surface area (Å²) in [5, 5.41) is 20.1. The average molecular weight is 415 g/mol. The molecular weight excluding hydrogens is 388 g/mol. The predicted octanol–water partition coefficient (Wildman–Crippen LogP) is 2.53. The molecule has 140 valence electrons. The van der Waals surface area contributed by atoms with Crippen molar-refractivity contribution in [1.82, 2.24) is 4.90 Å². The lowest BCUT2D eigenvalue weighted by Crippen LogP contribution is -2.50. The van der Waals surface area contributed by atoms with Crippen LogP contribution in [0.5, 0.6) is 0 Å². The molecule has 1 aliphatic rings. The minimum atomic E-state index is -0.905. The molecule has 2 unspecified atom stereocenters. The Balaban J connectivity index is 1.91. The number of alkyl halides is 1. The summed E-state index contributed by atoms with van der Waals surface area (Å²) in [6, 6.07) is 7.52. The molecule has 0 spiro atoms. The Morgan fingerprint density at radius 2 is 1.72 bits per heavy atom. The summed E-state index contributed by atoms with van der Waals surface area (Å²) in [6.07, 6.45) is -2.00. The number of aliphatic hydroxyl groups is 2. The first kappa shape index (κ1) is 20.0. The fraction of sp³-hybridized carbons (Fsp3) is 0.611. The molecule has 1 aliphatic heterocycles. The number of piperazine rings is 1. The van der Waals surface area contributed by atoms with Gasteiger partial charge in [0.05, 0.1) is 6.10 Å². The highest BCUT2D eigenvalue weighted by Crippen LogP contribution is 2.23. The van der Waals surface area contributed by atoms with Crippen LogP contribution in [0.1, 0.15) is 32.4 Å². The maximum absolute atomic E-state index is 12.1. The van der Waals surface area contributed by atoms with E-state index in [-0.39, 0.29) is 6.09 Å². The number of carbonyl (C=O) groups excluding carboxylic acids is 1. The van der Waals surface area contributed by atoms with Crippen LogP contribution in [0.4, 0.5) is 10.5 Å². The monoisotopic (exact) mass is 414 g/mol. The Labute approximate surface area is 157 Å². The number of carbonyl (C=O) groups is 1. The smallest absolute Gasteiger partial charge is 0.410 e. The highest BCUT2D eigenvalue weighted by atomic mass is 79.9. The summed E-state index contributed by atoms with van der Waals surface area (Å²) in [5.41, 5.74) is 1.24. The van der Waals surface area contributed by atoms with Crippen LogP contribution >= 0.6 is 15.9 Å². The van der Waals surface area contributed by atoms with Crippen LogP contribution in [-0.4, -0.2) is 64.4 Å². The fourth-order valence-corrected chi connectivity index (χ4v) is 3.02.